The fourth-order valence-corrected chi connectivity index (χ4v) is 0.714. The second-order valence-corrected chi connectivity index (χ2v) is 2.64. The standard InChI is InChI=1S/C7H16O3/c1-2-3-4-7(10,5-8)6-9/h8-10H,2-6H2,1H3. The molecule has 0 saturated carbocycles. The molecule has 0 amide bonds. The molecule has 3 N–H and O–H groups in total. The lowest BCUT2D eigenvalue weighted by Crippen LogP contribution is -2.37. The monoisotopic (exact) mass is 148 g/mol. The van der Waals surface area contributed by atoms with Crippen LogP contribution >= 0.6 is 0 Å². The Bertz CT molecular complexity index is 78.9. The summed E-state index contributed by atoms with van der Waals surface area (Å²) >= 11 is 0. The molecule has 3 nitrogen and oxygen atoms in total. The Labute approximate surface area is 61.3 Å². The van der Waals surface area contributed by atoms with Gasteiger partial charge in [0, 0.05) is 0 Å². The maximum absolute atomic E-state index is 9.26. The zero-order chi connectivity index (χ0) is 8.04. The molecule has 0 aliphatic rings. The van der Waals surface area contributed by atoms with Crippen molar-refractivity contribution in [2.45, 2.75) is 31.8 Å². The van der Waals surface area contributed by atoms with Crippen LogP contribution in [0.2, 0.25) is 0 Å². The van der Waals surface area contributed by atoms with Crippen molar-refractivity contribution in [1.82, 2.24) is 0 Å². The van der Waals surface area contributed by atoms with Crippen molar-refractivity contribution in [2.75, 3.05) is 13.2 Å². The summed E-state index contributed by atoms with van der Waals surface area (Å²) in [6, 6.07) is 0. The van der Waals surface area contributed by atoms with Crippen molar-refractivity contribution in [1.29, 1.82) is 0 Å². The summed E-state index contributed by atoms with van der Waals surface area (Å²) in [6.07, 6.45) is 2.26. The fraction of sp³-hybridized carbons (Fsp3) is 1.00. The summed E-state index contributed by atoms with van der Waals surface area (Å²) in [7, 11) is 0. The SMILES string of the molecule is CCCCC(O)(CO)CO. The smallest absolute Gasteiger partial charge is 0.111 e. The van der Waals surface area contributed by atoms with Crippen LogP contribution in [0, 0.1) is 0 Å². The Morgan fingerprint density at radius 2 is 1.70 bits per heavy atom. The molecule has 0 fully saturated rings. The van der Waals surface area contributed by atoms with Gasteiger partial charge in [-0.25, -0.2) is 0 Å². The van der Waals surface area contributed by atoms with Crippen LogP contribution in [0.5, 0.6) is 0 Å². The Balaban J connectivity index is 3.58. The first-order valence-corrected chi connectivity index (χ1v) is 3.62. The lowest BCUT2D eigenvalue weighted by molar-refractivity contribution is -0.0613. The van der Waals surface area contributed by atoms with Crippen LogP contribution in [0.3, 0.4) is 0 Å². The van der Waals surface area contributed by atoms with Crippen LogP contribution in [0.25, 0.3) is 0 Å². The van der Waals surface area contributed by atoms with E-state index in [2.05, 4.69) is 0 Å². The van der Waals surface area contributed by atoms with Crippen molar-refractivity contribution in [3.8, 4) is 0 Å². The highest BCUT2D eigenvalue weighted by Gasteiger charge is 2.23. The summed E-state index contributed by atoms with van der Waals surface area (Å²) in [5, 5.41) is 26.5. The second-order valence-electron chi connectivity index (χ2n) is 2.64. The van der Waals surface area contributed by atoms with Gasteiger partial charge in [-0.2, -0.15) is 0 Å². The third-order valence-corrected chi connectivity index (χ3v) is 1.58. The Hall–Kier alpha value is -0.120. The molecule has 0 atom stereocenters. The van der Waals surface area contributed by atoms with Gasteiger partial charge in [-0.3, -0.25) is 0 Å². The molecular formula is C7H16O3. The molecule has 0 rings (SSSR count). The van der Waals surface area contributed by atoms with Gasteiger partial charge in [0.15, 0.2) is 0 Å². The first-order valence-electron chi connectivity index (χ1n) is 3.62. The van der Waals surface area contributed by atoms with Crippen LogP contribution in [-0.4, -0.2) is 34.1 Å². The summed E-state index contributed by atoms with van der Waals surface area (Å²) in [6.45, 7) is 1.28. The van der Waals surface area contributed by atoms with E-state index in [1.807, 2.05) is 6.92 Å². The van der Waals surface area contributed by atoms with E-state index in [-0.39, 0.29) is 13.2 Å². The van der Waals surface area contributed by atoms with E-state index in [1.54, 1.807) is 0 Å². The first-order chi connectivity index (χ1) is 4.68. The molecule has 0 saturated heterocycles. The minimum absolute atomic E-state index is 0.358. The van der Waals surface area contributed by atoms with Gasteiger partial charge in [-0.1, -0.05) is 19.8 Å². The lowest BCUT2D eigenvalue weighted by Gasteiger charge is -2.22. The van der Waals surface area contributed by atoms with Crippen LogP contribution in [-0.2, 0) is 0 Å². The van der Waals surface area contributed by atoms with Gasteiger partial charge in [0.1, 0.15) is 5.60 Å². The molecular weight excluding hydrogens is 132 g/mol. The minimum atomic E-state index is -1.25. The number of unbranched alkanes of at least 4 members (excludes halogenated alkanes) is 1. The number of rotatable bonds is 5. The minimum Gasteiger partial charge on any atom is -0.393 e. The van der Waals surface area contributed by atoms with Crippen molar-refractivity contribution in [3.05, 3.63) is 0 Å². The zero-order valence-corrected chi connectivity index (χ0v) is 6.38. The molecule has 0 aliphatic carbocycles. The van der Waals surface area contributed by atoms with Crippen molar-refractivity contribution >= 4 is 0 Å². The van der Waals surface area contributed by atoms with E-state index < -0.39 is 5.60 Å². The van der Waals surface area contributed by atoms with E-state index in [4.69, 9.17) is 10.2 Å². The quantitative estimate of drug-likeness (QED) is 0.510. The maximum atomic E-state index is 9.26. The zero-order valence-electron chi connectivity index (χ0n) is 6.38. The summed E-state index contributed by atoms with van der Waals surface area (Å²) < 4.78 is 0. The van der Waals surface area contributed by atoms with Crippen LogP contribution in [0.1, 0.15) is 26.2 Å². The molecule has 3 heteroatoms. The van der Waals surface area contributed by atoms with E-state index >= 15 is 0 Å². The topological polar surface area (TPSA) is 60.7 Å². The Kier molecular flexibility index (Phi) is 4.60. The molecule has 0 radical (unpaired) electrons. The van der Waals surface area contributed by atoms with E-state index in [0.717, 1.165) is 12.8 Å². The van der Waals surface area contributed by atoms with Gasteiger partial charge in [0.2, 0.25) is 0 Å². The number of hydrogen-bond acceptors (Lipinski definition) is 3. The van der Waals surface area contributed by atoms with Crippen LogP contribution in [0.4, 0.5) is 0 Å². The average Bonchev–Trinajstić information content (AvgIpc) is 2.00. The normalized spacial score (nSPS) is 12.0. The Morgan fingerprint density at radius 3 is 2.00 bits per heavy atom. The number of aliphatic hydroxyl groups excluding tert-OH is 2. The van der Waals surface area contributed by atoms with Gasteiger partial charge in [-0.15, -0.1) is 0 Å². The molecule has 0 aliphatic heterocycles. The third kappa shape index (κ3) is 3.15. The highest BCUT2D eigenvalue weighted by Crippen LogP contribution is 2.12. The predicted molar refractivity (Wildman–Crippen MR) is 38.6 cm³/mol. The van der Waals surface area contributed by atoms with Gasteiger partial charge in [-0.05, 0) is 6.42 Å². The summed E-state index contributed by atoms with van der Waals surface area (Å²) in [4.78, 5) is 0. The molecule has 62 valence electrons. The molecule has 0 spiro atoms. The van der Waals surface area contributed by atoms with Crippen molar-refractivity contribution in [3.63, 3.8) is 0 Å². The number of hydrogen-bond donors (Lipinski definition) is 3. The summed E-state index contributed by atoms with van der Waals surface area (Å²) in [5.41, 5.74) is -1.25. The van der Waals surface area contributed by atoms with Gasteiger partial charge >= 0.3 is 0 Å². The van der Waals surface area contributed by atoms with Crippen molar-refractivity contribution in [2.24, 2.45) is 0 Å². The van der Waals surface area contributed by atoms with Gasteiger partial charge < -0.3 is 15.3 Å². The Morgan fingerprint density at radius 1 is 1.20 bits per heavy atom. The highest BCUT2D eigenvalue weighted by atomic mass is 16.4. The van der Waals surface area contributed by atoms with Crippen LogP contribution in [0.15, 0.2) is 0 Å². The van der Waals surface area contributed by atoms with Crippen molar-refractivity contribution < 1.29 is 15.3 Å². The van der Waals surface area contributed by atoms with E-state index in [0.29, 0.717) is 6.42 Å². The molecule has 0 aromatic rings. The van der Waals surface area contributed by atoms with E-state index in [9.17, 15) is 5.11 Å². The second kappa shape index (κ2) is 4.66. The highest BCUT2D eigenvalue weighted by molar-refractivity contribution is 4.75. The molecule has 0 bridgehead atoms. The molecule has 0 aromatic carbocycles. The largest absolute Gasteiger partial charge is 0.393 e. The number of aliphatic hydroxyl groups is 3. The molecule has 0 unspecified atom stereocenters. The first kappa shape index (κ1) is 9.88. The van der Waals surface area contributed by atoms with Gasteiger partial charge in [0.05, 0.1) is 13.2 Å². The average molecular weight is 148 g/mol. The third-order valence-electron chi connectivity index (χ3n) is 1.58. The maximum Gasteiger partial charge on any atom is 0.111 e. The summed E-state index contributed by atoms with van der Waals surface area (Å²) in [5.74, 6) is 0. The van der Waals surface area contributed by atoms with E-state index in [1.165, 1.54) is 0 Å². The van der Waals surface area contributed by atoms with Crippen LogP contribution < -0.4 is 0 Å². The molecule has 10 heavy (non-hydrogen) atoms. The fourth-order valence-electron chi connectivity index (χ4n) is 0.714. The molecule has 0 aromatic heterocycles. The molecule has 0 heterocycles. The van der Waals surface area contributed by atoms with Gasteiger partial charge in [0.25, 0.3) is 0 Å². The predicted octanol–water partition coefficient (Wildman–Crippen LogP) is -0.108. The lowest BCUT2D eigenvalue weighted by atomic mass is 9.99.